The maximum atomic E-state index is 11.8. The fourth-order valence-electron chi connectivity index (χ4n) is 5.64. The van der Waals surface area contributed by atoms with Gasteiger partial charge in [0.05, 0.1) is 11.2 Å². The van der Waals surface area contributed by atoms with Crippen LogP contribution in [0.15, 0.2) is 78.7 Å². The highest BCUT2D eigenvalue weighted by atomic mass is 32.2. The van der Waals surface area contributed by atoms with Crippen LogP contribution in [0.1, 0.15) is 21.7 Å². The number of hydrogen-bond donors (Lipinski definition) is 1. The second kappa shape index (κ2) is 9.41. The number of nitrogens with zero attached hydrogens (tertiary/aromatic N) is 4. The Labute approximate surface area is 221 Å². The van der Waals surface area contributed by atoms with Crippen molar-refractivity contribution in [3.05, 3.63) is 95.7 Å². The van der Waals surface area contributed by atoms with Crippen molar-refractivity contribution in [2.45, 2.75) is 13.5 Å². The Morgan fingerprint density at radius 2 is 1.76 bits per heavy atom. The van der Waals surface area contributed by atoms with Crippen molar-refractivity contribution in [3.8, 4) is 22.4 Å². The van der Waals surface area contributed by atoms with Crippen molar-refractivity contribution in [1.82, 2.24) is 19.2 Å². The van der Waals surface area contributed by atoms with Crippen LogP contribution in [0.2, 0.25) is 0 Å². The molecule has 1 spiro atoms. The van der Waals surface area contributed by atoms with Crippen LogP contribution in [0, 0.1) is 12.3 Å². The van der Waals surface area contributed by atoms with E-state index in [-0.39, 0.29) is 5.69 Å². The Morgan fingerprint density at radius 1 is 1.03 bits per heavy atom. The van der Waals surface area contributed by atoms with Gasteiger partial charge in [-0.15, -0.1) is 0 Å². The number of hydrogen-bond acceptors (Lipinski definition) is 6. The molecule has 6 nitrogen and oxygen atoms in total. The van der Waals surface area contributed by atoms with Crippen LogP contribution >= 0.6 is 11.9 Å². The number of carbonyl (C=O) groups excluding carboxylic acids is 1. The monoisotopic (exact) mass is 507 g/mol. The van der Waals surface area contributed by atoms with Gasteiger partial charge in [0.2, 0.25) is 0 Å². The first-order valence-electron chi connectivity index (χ1n) is 12.4. The molecule has 0 unspecified atom stereocenters. The lowest BCUT2D eigenvalue weighted by molar-refractivity contribution is -0.0808. The molecule has 0 bridgehead atoms. The Morgan fingerprint density at radius 3 is 2.43 bits per heavy atom. The van der Waals surface area contributed by atoms with E-state index >= 15 is 0 Å². The Bertz CT molecular complexity index is 1490. The highest BCUT2D eigenvalue weighted by Gasteiger charge is 2.51. The SMILES string of the molecule is C=CSN1CC2(CN(Cc3ccc(-c4nc5cc(C(N)=O)nc(C)c5cc4-c4ccccc4)cc3)C2)C1. The van der Waals surface area contributed by atoms with Gasteiger partial charge in [-0.25, -0.2) is 14.3 Å². The minimum absolute atomic E-state index is 0.233. The molecule has 0 atom stereocenters. The molecule has 2 aromatic heterocycles. The first-order chi connectivity index (χ1) is 17.9. The third-order valence-corrected chi connectivity index (χ3v) is 8.04. The van der Waals surface area contributed by atoms with Crippen LogP contribution < -0.4 is 5.73 Å². The Kier molecular flexibility index (Phi) is 6.07. The first kappa shape index (κ1) is 23.9. The van der Waals surface area contributed by atoms with Gasteiger partial charge < -0.3 is 5.73 Å². The maximum Gasteiger partial charge on any atom is 0.267 e. The van der Waals surface area contributed by atoms with E-state index in [0.29, 0.717) is 5.41 Å². The minimum atomic E-state index is -0.549. The highest BCUT2D eigenvalue weighted by molar-refractivity contribution is 7.99. The molecule has 2 fully saturated rings. The smallest absolute Gasteiger partial charge is 0.267 e. The summed E-state index contributed by atoms with van der Waals surface area (Å²) in [4.78, 5) is 23.8. The van der Waals surface area contributed by atoms with Gasteiger partial charge in [-0.05, 0) is 35.6 Å². The summed E-state index contributed by atoms with van der Waals surface area (Å²) in [5.41, 5.74) is 13.0. The lowest BCUT2D eigenvalue weighted by Gasteiger charge is -2.59. The van der Waals surface area contributed by atoms with E-state index in [1.54, 1.807) is 18.0 Å². The lowest BCUT2D eigenvalue weighted by atomic mass is 9.74. The topological polar surface area (TPSA) is 75.3 Å². The predicted molar refractivity (Wildman–Crippen MR) is 151 cm³/mol. The van der Waals surface area contributed by atoms with E-state index < -0.39 is 5.91 Å². The van der Waals surface area contributed by atoms with Gasteiger partial charge in [0.15, 0.2) is 0 Å². The molecule has 2 aliphatic heterocycles. The number of nitrogens with two attached hydrogens (primary N) is 1. The summed E-state index contributed by atoms with van der Waals surface area (Å²) in [7, 11) is 0. The van der Waals surface area contributed by atoms with E-state index in [1.807, 2.05) is 30.5 Å². The second-order valence-corrected chi connectivity index (χ2v) is 11.2. The second-order valence-electron chi connectivity index (χ2n) is 10.2. The third-order valence-electron chi connectivity index (χ3n) is 7.34. The van der Waals surface area contributed by atoms with Gasteiger partial charge >= 0.3 is 0 Å². The number of pyridine rings is 2. The molecule has 7 heteroatoms. The average molecular weight is 508 g/mol. The molecule has 1 amide bonds. The normalized spacial score (nSPS) is 16.9. The number of fused-ring (bicyclic) bond motifs is 1. The van der Waals surface area contributed by atoms with Crippen LogP contribution in [-0.4, -0.2) is 51.3 Å². The van der Waals surface area contributed by atoms with E-state index in [1.165, 1.54) is 5.56 Å². The fraction of sp³-hybridized carbons (Fsp3) is 0.233. The summed E-state index contributed by atoms with van der Waals surface area (Å²) < 4.78 is 2.38. The zero-order valence-electron chi connectivity index (χ0n) is 20.9. The quantitative estimate of drug-likeness (QED) is 0.343. The van der Waals surface area contributed by atoms with Crippen molar-refractivity contribution in [3.63, 3.8) is 0 Å². The number of aromatic nitrogens is 2. The van der Waals surface area contributed by atoms with Gasteiger partial charge in [-0.1, -0.05) is 73.1 Å². The van der Waals surface area contributed by atoms with Crippen LogP contribution in [0.3, 0.4) is 0 Å². The van der Waals surface area contributed by atoms with E-state index in [9.17, 15) is 4.79 Å². The Hall–Kier alpha value is -3.52. The molecule has 2 saturated heterocycles. The van der Waals surface area contributed by atoms with Gasteiger partial charge in [0, 0.05) is 60.3 Å². The molecule has 2 aromatic carbocycles. The lowest BCUT2D eigenvalue weighted by Crippen LogP contribution is -2.69. The average Bonchev–Trinajstić information content (AvgIpc) is 2.86. The van der Waals surface area contributed by atoms with Crippen LogP contribution in [0.5, 0.6) is 0 Å². The molecule has 0 saturated carbocycles. The molecule has 4 aromatic rings. The molecule has 0 aliphatic carbocycles. The van der Waals surface area contributed by atoms with Crippen molar-refractivity contribution >= 4 is 28.8 Å². The molecular weight excluding hydrogens is 478 g/mol. The predicted octanol–water partition coefficient (Wildman–Crippen LogP) is 5.28. The highest BCUT2D eigenvalue weighted by Crippen LogP contribution is 2.43. The summed E-state index contributed by atoms with van der Waals surface area (Å²) in [6, 6.07) is 22.8. The van der Waals surface area contributed by atoms with Gasteiger partial charge in [0.25, 0.3) is 5.91 Å². The molecule has 0 radical (unpaired) electrons. The van der Waals surface area contributed by atoms with Crippen LogP contribution in [-0.2, 0) is 6.54 Å². The number of primary amides is 1. The first-order valence-corrected chi connectivity index (χ1v) is 13.3. The van der Waals surface area contributed by atoms with Crippen molar-refractivity contribution in [2.24, 2.45) is 11.1 Å². The number of aryl methyl sites for hydroxylation is 1. The number of rotatable bonds is 7. The van der Waals surface area contributed by atoms with Crippen molar-refractivity contribution < 1.29 is 4.79 Å². The number of benzene rings is 2. The van der Waals surface area contributed by atoms with Crippen molar-refractivity contribution in [2.75, 3.05) is 26.2 Å². The van der Waals surface area contributed by atoms with Crippen molar-refractivity contribution in [1.29, 1.82) is 0 Å². The molecule has 186 valence electrons. The van der Waals surface area contributed by atoms with Crippen LogP contribution in [0.25, 0.3) is 33.3 Å². The summed E-state index contributed by atoms with van der Waals surface area (Å²) >= 11 is 1.72. The zero-order chi connectivity index (χ0) is 25.6. The van der Waals surface area contributed by atoms with E-state index in [2.05, 4.69) is 63.2 Å². The summed E-state index contributed by atoms with van der Waals surface area (Å²) in [5, 5.41) is 2.82. The molecule has 37 heavy (non-hydrogen) atoms. The number of amides is 1. The summed E-state index contributed by atoms with van der Waals surface area (Å²) in [6.45, 7) is 11.3. The van der Waals surface area contributed by atoms with Gasteiger partial charge in [-0.2, -0.15) is 0 Å². The fourth-order valence-corrected chi connectivity index (χ4v) is 6.54. The standard InChI is InChI=1S/C30H29N5OS/c1-3-37-35-18-30(19-35)16-34(17-30)15-21-9-11-23(12-10-21)28-25(22-7-5-4-6-8-22)13-24-20(2)32-27(29(31)36)14-26(24)33-28/h3-14H,1,15-19H2,2H3,(H2,31,36). The zero-order valence-corrected chi connectivity index (χ0v) is 21.7. The third kappa shape index (κ3) is 4.55. The largest absolute Gasteiger partial charge is 0.364 e. The van der Waals surface area contributed by atoms with E-state index in [4.69, 9.17) is 10.7 Å². The summed E-state index contributed by atoms with van der Waals surface area (Å²) in [5.74, 6) is -0.549. The maximum absolute atomic E-state index is 11.8. The minimum Gasteiger partial charge on any atom is -0.364 e. The van der Waals surface area contributed by atoms with Gasteiger partial charge in [-0.3, -0.25) is 9.69 Å². The van der Waals surface area contributed by atoms with Gasteiger partial charge in [0.1, 0.15) is 5.69 Å². The molecule has 2 aliphatic rings. The Balaban J connectivity index is 1.28. The molecular formula is C30H29N5OS. The molecule has 4 heterocycles. The van der Waals surface area contributed by atoms with E-state index in [0.717, 1.165) is 71.7 Å². The summed E-state index contributed by atoms with van der Waals surface area (Å²) in [6.07, 6.45) is 0. The molecule has 6 rings (SSSR count). The number of carbonyl (C=O) groups is 1. The van der Waals surface area contributed by atoms with Crippen LogP contribution in [0.4, 0.5) is 0 Å². The molecule has 2 N–H and O–H groups in total. The number of likely N-dealkylation sites (tertiary alicyclic amines) is 1.